The standard InChI is InChI=1S/C25H48NO3Si/c1-5-9-10-11-12-13-14-15-16-17-21-26-22-18-25(19-23-26)20-24-30(27-6-2,28-7-3)29-8-4/h18-19,22-23H,5-17,20-21,24H2,1-4H3/q+1. The molecule has 0 bridgehead atoms. The minimum Gasteiger partial charge on any atom is -0.374 e. The number of aryl methyl sites for hydroxylation is 2. The first-order chi connectivity index (χ1) is 14.7. The smallest absolute Gasteiger partial charge is 0.374 e. The SMILES string of the molecule is CCCCCCCCCCCC[n+]1ccc(CC[Si](OCC)(OCC)OCC)cc1. The molecule has 0 aliphatic heterocycles. The van der Waals surface area contributed by atoms with E-state index in [4.69, 9.17) is 13.3 Å². The molecule has 1 aromatic rings. The molecule has 0 aliphatic carbocycles. The fourth-order valence-electron chi connectivity index (χ4n) is 3.88. The van der Waals surface area contributed by atoms with E-state index in [0.717, 1.165) is 19.0 Å². The maximum absolute atomic E-state index is 5.96. The van der Waals surface area contributed by atoms with Gasteiger partial charge in [0.05, 0.1) is 0 Å². The van der Waals surface area contributed by atoms with Gasteiger partial charge >= 0.3 is 8.80 Å². The van der Waals surface area contributed by atoms with Crippen LogP contribution < -0.4 is 4.57 Å². The average Bonchev–Trinajstić information content (AvgIpc) is 2.75. The molecule has 0 amide bonds. The molecule has 0 saturated heterocycles. The summed E-state index contributed by atoms with van der Waals surface area (Å²) in [5.41, 5.74) is 1.32. The van der Waals surface area contributed by atoms with Crippen molar-refractivity contribution < 1.29 is 17.8 Å². The lowest BCUT2D eigenvalue weighted by Crippen LogP contribution is -2.46. The van der Waals surface area contributed by atoms with Crippen LogP contribution in [0, 0.1) is 0 Å². The van der Waals surface area contributed by atoms with Crippen molar-refractivity contribution >= 4 is 8.80 Å². The zero-order chi connectivity index (χ0) is 21.9. The van der Waals surface area contributed by atoms with Crippen LogP contribution in [0.3, 0.4) is 0 Å². The van der Waals surface area contributed by atoms with Crippen molar-refractivity contribution in [1.82, 2.24) is 0 Å². The average molecular weight is 439 g/mol. The summed E-state index contributed by atoms with van der Waals surface area (Å²) in [6.07, 6.45) is 19.2. The number of aromatic nitrogens is 1. The summed E-state index contributed by atoms with van der Waals surface area (Å²) in [5.74, 6) is 0. The monoisotopic (exact) mass is 438 g/mol. The molecule has 1 heterocycles. The summed E-state index contributed by atoms with van der Waals surface area (Å²) in [6, 6.07) is 5.31. The van der Waals surface area contributed by atoms with Crippen LogP contribution >= 0.6 is 0 Å². The second-order valence-corrected chi connectivity index (χ2v) is 10.8. The summed E-state index contributed by atoms with van der Waals surface area (Å²) >= 11 is 0. The van der Waals surface area contributed by atoms with Crippen molar-refractivity contribution in [2.75, 3.05) is 19.8 Å². The highest BCUT2D eigenvalue weighted by Crippen LogP contribution is 2.19. The van der Waals surface area contributed by atoms with E-state index in [0.29, 0.717) is 19.8 Å². The van der Waals surface area contributed by atoms with E-state index >= 15 is 0 Å². The predicted molar refractivity (Wildman–Crippen MR) is 128 cm³/mol. The first-order valence-corrected chi connectivity index (χ1v) is 14.5. The fourth-order valence-corrected chi connectivity index (χ4v) is 6.48. The maximum Gasteiger partial charge on any atom is 0.501 e. The molecule has 1 rings (SSSR count). The number of rotatable bonds is 20. The first kappa shape index (κ1) is 27.3. The highest BCUT2D eigenvalue weighted by molar-refractivity contribution is 6.60. The maximum atomic E-state index is 5.96. The number of nitrogens with zero attached hydrogens (tertiary/aromatic N) is 1. The van der Waals surface area contributed by atoms with Gasteiger partial charge in [0.2, 0.25) is 0 Å². The van der Waals surface area contributed by atoms with Gasteiger partial charge in [0.25, 0.3) is 0 Å². The van der Waals surface area contributed by atoms with Crippen LogP contribution in [-0.2, 0) is 26.2 Å². The third kappa shape index (κ3) is 12.2. The van der Waals surface area contributed by atoms with E-state index in [-0.39, 0.29) is 0 Å². The van der Waals surface area contributed by atoms with Crippen LogP contribution in [0.2, 0.25) is 6.04 Å². The van der Waals surface area contributed by atoms with Gasteiger partial charge in [-0.15, -0.1) is 0 Å². The van der Waals surface area contributed by atoms with E-state index < -0.39 is 8.80 Å². The summed E-state index contributed by atoms with van der Waals surface area (Å²) in [7, 11) is -2.55. The van der Waals surface area contributed by atoms with Gasteiger partial charge in [-0.25, -0.2) is 4.57 Å². The van der Waals surface area contributed by atoms with E-state index in [1.165, 1.54) is 69.8 Å². The van der Waals surface area contributed by atoms with Crippen LogP contribution in [0.4, 0.5) is 0 Å². The molecule has 0 aromatic carbocycles. The third-order valence-corrected chi connectivity index (χ3v) is 8.59. The topological polar surface area (TPSA) is 31.6 Å². The second kappa shape index (κ2) is 17.9. The first-order valence-electron chi connectivity index (χ1n) is 12.6. The number of hydrogen-bond acceptors (Lipinski definition) is 3. The molecular formula is C25H48NO3Si+. The van der Waals surface area contributed by atoms with Gasteiger partial charge in [0.15, 0.2) is 12.4 Å². The minimum absolute atomic E-state index is 0.639. The van der Waals surface area contributed by atoms with Crippen molar-refractivity contribution in [3.8, 4) is 0 Å². The lowest BCUT2D eigenvalue weighted by molar-refractivity contribution is -0.697. The normalized spacial score (nSPS) is 11.9. The molecule has 0 fully saturated rings. The van der Waals surface area contributed by atoms with Gasteiger partial charge in [0.1, 0.15) is 6.54 Å². The molecular weight excluding hydrogens is 390 g/mol. The van der Waals surface area contributed by atoms with Crippen molar-refractivity contribution in [3.63, 3.8) is 0 Å². The van der Waals surface area contributed by atoms with Crippen LogP contribution in [0.5, 0.6) is 0 Å². The molecule has 0 atom stereocenters. The molecule has 0 radical (unpaired) electrons. The molecule has 0 N–H and O–H groups in total. The Morgan fingerprint density at radius 3 is 1.60 bits per heavy atom. The Morgan fingerprint density at radius 2 is 1.13 bits per heavy atom. The highest BCUT2D eigenvalue weighted by Gasteiger charge is 2.39. The fraction of sp³-hybridized carbons (Fsp3) is 0.800. The third-order valence-electron chi connectivity index (χ3n) is 5.54. The van der Waals surface area contributed by atoms with E-state index in [1.54, 1.807) is 0 Å². The van der Waals surface area contributed by atoms with Gasteiger partial charge in [-0.1, -0.05) is 58.3 Å². The Hall–Kier alpha value is -0.753. The number of hydrogen-bond donors (Lipinski definition) is 0. The zero-order valence-corrected chi connectivity index (χ0v) is 21.3. The van der Waals surface area contributed by atoms with Crippen LogP contribution in [0.25, 0.3) is 0 Å². The van der Waals surface area contributed by atoms with Crippen molar-refractivity contribution in [2.24, 2.45) is 0 Å². The van der Waals surface area contributed by atoms with Crippen LogP contribution in [0.1, 0.15) is 97.5 Å². The molecule has 0 aliphatic rings. The van der Waals surface area contributed by atoms with E-state index in [1.807, 2.05) is 20.8 Å². The molecule has 1 aromatic heterocycles. The van der Waals surface area contributed by atoms with E-state index in [9.17, 15) is 0 Å². The predicted octanol–water partition coefficient (Wildman–Crippen LogP) is 6.49. The Kier molecular flexibility index (Phi) is 16.3. The molecule has 30 heavy (non-hydrogen) atoms. The number of pyridine rings is 1. The lowest BCUT2D eigenvalue weighted by Gasteiger charge is -2.28. The summed E-state index contributed by atoms with van der Waals surface area (Å²) < 4.78 is 20.2. The zero-order valence-electron chi connectivity index (χ0n) is 20.3. The Balaban J connectivity index is 2.26. The number of unbranched alkanes of at least 4 members (excludes halogenated alkanes) is 9. The summed E-state index contributed by atoms with van der Waals surface area (Å²) in [4.78, 5) is 0. The quantitative estimate of drug-likeness (QED) is 0.132. The van der Waals surface area contributed by atoms with Crippen molar-refractivity contribution in [3.05, 3.63) is 30.1 Å². The van der Waals surface area contributed by atoms with Crippen LogP contribution in [0.15, 0.2) is 24.5 Å². The largest absolute Gasteiger partial charge is 0.501 e. The van der Waals surface area contributed by atoms with Gasteiger partial charge in [-0.2, -0.15) is 0 Å². The van der Waals surface area contributed by atoms with Gasteiger partial charge in [0, 0.05) is 44.4 Å². The molecule has 0 saturated carbocycles. The second-order valence-electron chi connectivity index (χ2n) is 8.11. The summed E-state index contributed by atoms with van der Waals surface area (Å²) in [5, 5.41) is 0. The lowest BCUT2D eigenvalue weighted by atomic mass is 10.1. The molecule has 174 valence electrons. The Morgan fingerprint density at radius 1 is 0.667 bits per heavy atom. The Bertz CT molecular complexity index is 493. The Labute approximate surface area is 187 Å². The minimum atomic E-state index is -2.55. The van der Waals surface area contributed by atoms with Gasteiger partial charge in [-0.05, 0) is 39.2 Å². The van der Waals surface area contributed by atoms with E-state index in [2.05, 4.69) is 36.0 Å². The van der Waals surface area contributed by atoms with Crippen LogP contribution in [-0.4, -0.2) is 28.6 Å². The summed E-state index contributed by atoms with van der Waals surface area (Å²) in [6.45, 7) is 11.4. The molecule has 0 spiro atoms. The highest BCUT2D eigenvalue weighted by atomic mass is 28.4. The molecule has 5 heteroatoms. The van der Waals surface area contributed by atoms with Crippen molar-refractivity contribution in [1.29, 1.82) is 0 Å². The van der Waals surface area contributed by atoms with Crippen molar-refractivity contribution in [2.45, 2.75) is 111 Å². The van der Waals surface area contributed by atoms with Gasteiger partial charge in [-0.3, -0.25) is 0 Å². The van der Waals surface area contributed by atoms with Gasteiger partial charge < -0.3 is 13.3 Å². The molecule has 0 unspecified atom stereocenters. The molecule has 4 nitrogen and oxygen atoms in total.